The smallest absolute Gasteiger partial charge is 0.221 e. The van der Waals surface area contributed by atoms with Crippen molar-refractivity contribution in [2.75, 3.05) is 25.5 Å². The summed E-state index contributed by atoms with van der Waals surface area (Å²) in [6.45, 7) is 3.33. The van der Waals surface area contributed by atoms with Gasteiger partial charge in [0.05, 0.1) is 12.8 Å². The Balaban J connectivity index is 2.48. The van der Waals surface area contributed by atoms with E-state index in [0.29, 0.717) is 22.4 Å². The molecular weight excluding hydrogens is 252 g/mol. The fraction of sp³-hybridized carbons (Fsp3) is 0.462. The van der Waals surface area contributed by atoms with Crippen molar-refractivity contribution in [3.63, 3.8) is 0 Å². The third-order valence-corrected chi connectivity index (χ3v) is 3.47. The Morgan fingerprint density at radius 2 is 2.33 bits per heavy atom. The molecule has 0 bridgehead atoms. The molecule has 1 atom stereocenters. The standard InChI is InChI=1S/C13H17ClN2O2/c1-8(17)16-13-11(18-2)4-3-10(14)12(13)9-5-6-15-7-9/h3-4,9,15H,5-7H2,1-2H3,(H,16,17). The second kappa shape index (κ2) is 5.59. The van der Waals surface area contributed by atoms with Crippen LogP contribution in [0.5, 0.6) is 5.75 Å². The number of halogens is 1. The van der Waals surface area contributed by atoms with Crippen LogP contribution in [0.2, 0.25) is 5.02 Å². The van der Waals surface area contributed by atoms with Gasteiger partial charge in [-0.25, -0.2) is 0 Å². The zero-order valence-corrected chi connectivity index (χ0v) is 11.3. The second-order valence-electron chi connectivity index (χ2n) is 4.41. The van der Waals surface area contributed by atoms with Gasteiger partial charge in [-0.3, -0.25) is 4.79 Å². The van der Waals surface area contributed by atoms with E-state index in [2.05, 4.69) is 10.6 Å². The van der Waals surface area contributed by atoms with Crippen molar-refractivity contribution < 1.29 is 9.53 Å². The number of anilines is 1. The highest BCUT2D eigenvalue weighted by atomic mass is 35.5. The Morgan fingerprint density at radius 3 is 2.89 bits per heavy atom. The van der Waals surface area contributed by atoms with Gasteiger partial charge in [0, 0.05) is 30.0 Å². The summed E-state index contributed by atoms with van der Waals surface area (Å²) in [4.78, 5) is 11.3. The van der Waals surface area contributed by atoms with Crippen molar-refractivity contribution >= 4 is 23.2 Å². The molecule has 1 aromatic rings. The summed E-state index contributed by atoms with van der Waals surface area (Å²) in [5.74, 6) is 0.841. The van der Waals surface area contributed by atoms with Gasteiger partial charge < -0.3 is 15.4 Å². The predicted molar refractivity (Wildman–Crippen MR) is 72.5 cm³/mol. The first-order chi connectivity index (χ1) is 8.63. The van der Waals surface area contributed by atoms with Crippen molar-refractivity contribution in [1.82, 2.24) is 5.32 Å². The number of benzene rings is 1. The minimum atomic E-state index is -0.122. The molecule has 2 N–H and O–H groups in total. The van der Waals surface area contributed by atoms with Crippen LogP contribution in [-0.2, 0) is 4.79 Å². The molecule has 1 unspecified atom stereocenters. The summed E-state index contributed by atoms with van der Waals surface area (Å²) in [6.07, 6.45) is 1.01. The van der Waals surface area contributed by atoms with E-state index in [9.17, 15) is 4.79 Å². The van der Waals surface area contributed by atoms with E-state index in [4.69, 9.17) is 16.3 Å². The Kier molecular flexibility index (Phi) is 4.09. The van der Waals surface area contributed by atoms with E-state index in [1.165, 1.54) is 6.92 Å². The molecule has 5 heteroatoms. The topological polar surface area (TPSA) is 50.4 Å². The van der Waals surface area contributed by atoms with Crippen LogP contribution < -0.4 is 15.4 Å². The molecule has 98 valence electrons. The average molecular weight is 269 g/mol. The molecule has 4 nitrogen and oxygen atoms in total. The number of amides is 1. The van der Waals surface area contributed by atoms with Gasteiger partial charge in [-0.15, -0.1) is 0 Å². The lowest BCUT2D eigenvalue weighted by atomic mass is 9.96. The van der Waals surface area contributed by atoms with Crippen molar-refractivity contribution in [2.24, 2.45) is 0 Å². The lowest BCUT2D eigenvalue weighted by Gasteiger charge is -2.19. The summed E-state index contributed by atoms with van der Waals surface area (Å²) in [5.41, 5.74) is 1.67. The van der Waals surface area contributed by atoms with Crippen molar-refractivity contribution in [3.05, 3.63) is 22.7 Å². The molecule has 1 aliphatic heterocycles. The van der Waals surface area contributed by atoms with Gasteiger partial charge in [-0.05, 0) is 25.1 Å². The summed E-state index contributed by atoms with van der Waals surface area (Å²) < 4.78 is 5.31. The Morgan fingerprint density at radius 1 is 1.56 bits per heavy atom. The van der Waals surface area contributed by atoms with E-state index in [-0.39, 0.29) is 5.91 Å². The van der Waals surface area contributed by atoms with Crippen molar-refractivity contribution in [3.8, 4) is 5.75 Å². The van der Waals surface area contributed by atoms with E-state index in [1.807, 2.05) is 6.07 Å². The molecule has 0 aliphatic carbocycles. The highest BCUT2D eigenvalue weighted by Gasteiger charge is 2.25. The van der Waals surface area contributed by atoms with Crippen LogP contribution in [0, 0.1) is 0 Å². The van der Waals surface area contributed by atoms with Gasteiger partial charge in [0.2, 0.25) is 5.91 Å². The average Bonchev–Trinajstić information content (AvgIpc) is 2.82. The zero-order chi connectivity index (χ0) is 13.1. The maximum Gasteiger partial charge on any atom is 0.221 e. The highest BCUT2D eigenvalue weighted by Crippen LogP contribution is 2.40. The maximum atomic E-state index is 11.3. The first-order valence-corrected chi connectivity index (χ1v) is 6.36. The van der Waals surface area contributed by atoms with Crippen LogP contribution in [0.3, 0.4) is 0 Å². The lowest BCUT2D eigenvalue weighted by molar-refractivity contribution is -0.114. The summed E-state index contributed by atoms with van der Waals surface area (Å²) in [5, 5.41) is 6.81. The molecule has 0 spiro atoms. The minimum absolute atomic E-state index is 0.122. The Bertz CT molecular complexity index is 457. The summed E-state index contributed by atoms with van der Waals surface area (Å²) in [7, 11) is 1.59. The Hall–Kier alpha value is -1.26. The molecule has 1 fully saturated rings. The number of carbonyl (C=O) groups excluding carboxylic acids is 1. The normalized spacial score (nSPS) is 18.7. The van der Waals surface area contributed by atoms with E-state index < -0.39 is 0 Å². The number of hydrogen-bond donors (Lipinski definition) is 2. The monoisotopic (exact) mass is 268 g/mol. The molecule has 0 aromatic heterocycles. The second-order valence-corrected chi connectivity index (χ2v) is 4.82. The maximum absolute atomic E-state index is 11.3. The summed E-state index contributed by atoms with van der Waals surface area (Å²) >= 11 is 6.29. The van der Waals surface area contributed by atoms with E-state index >= 15 is 0 Å². The SMILES string of the molecule is COc1ccc(Cl)c(C2CCNC2)c1NC(C)=O. The number of rotatable bonds is 3. The fourth-order valence-corrected chi connectivity index (χ4v) is 2.66. The third kappa shape index (κ3) is 2.60. The molecule has 1 amide bonds. The first-order valence-electron chi connectivity index (χ1n) is 5.98. The van der Waals surface area contributed by atoms with Gasteiger partial charge in [0.15, 0.2) is 0 Å². The molecule has 2 rings (SSSR count). The molecule has 1 heterocycles. The zero-order valence-electron chi connectivity index (χ0n) is 10.5. The molecule has 1 aromatic carbocycles. The Labute approximate surface area is 112 Å². The minimum Gasteiger partial charge on any atom is -0.495 e. The van der Waals surface area contributed by atoms with Crippen molar-refractivity contribution in [2.45, 2.75) is 19.3 Å². The van der Waals surface area contributed by atoms with Crippen LogP contribution in [-0.4, -0.2) is 26.1 Å². The molecule has 1 aliphatic rings. The van der Waals surface area contributed by atoms with Crippen molar-refractivity contribution in [1.29, 1.82) is 0 Å². The number of carbonyl (C=O) groups is 1. The predicted octanol–water partition coefficient (Wildman–Crippen LogP) is 2.38. The van der Waals surface area contributed by atoms with Crippen LogP contribution in [0.1, 0.15) is 24.8 Å². The van der Waals surface area contributed by atoms with Gasteiger partial charge >= 0.3 is 0 Å². The quantitative estimate of drug-likeness (QED) is 0.885. The number of nitrogens with one attached hydrogen (secondary N) is 2. The summed E-state index contributed by atoms with van der Waals surface area (Å²) in [6, 6.07) is 3.60. The molecule has 0 radical (unpaired) electrons. The lowest BCUT2D eigenvalue weighted by Crippen LogP contribution is -2.14. The molecule has 0 saturated carbocycles. The largest absolute Gasteiger partial charge is 0.495 e. The first kappa shape index (κ1) is 13.2. The van der Waals surface area contributed by atoms with Crippen LogP contribution >= 0.6 is 11.6 Å². The van der Waals surface area contributed by atoms with Gasteiger partial charge in [0.25, 0.3) is 0 Å². The van der Waals surface area contributed by atoms with Crippen LogP contribution in [0.4, 0.5) is 5.69 Å². The van der Waals surface area contributed by atoms with Gasteiger partial charge in [-0.1, -0.05) is 11.6 Å². The number of methoxy groups -OCH3 is 1. The van der Waals surface area contributed by atoms with Crippen LogP contribution in [0.25, 0.3) is 0 Å². The highest BCUT2D eigenvalue weighted by molar-refractivity contribution is 6.32. The third-order valence-electron chi connectivity index (χ3n) is 3.14. The fourth-order valence-electron chi connectivity index (χ4n) is 2.35. The number of hydrogen-bond acceptors (Lipinski definition) is 3. The molecule has 1 saturated heterocycles. The molecule has 18 heavy (non-hydrogen) atoms. The van der Waals surface area contributed by atoms with E-state index in [0.717, 1.165) is 25.1 Å². The van der Waals surface area contributed by atoms with Gasteiger partial charge in [0.1, 0.15) is 5.75 Å². The molecular formula is C13H17ClN2O2. The van der Waals surface area contributed by atoms with Crippen LogP contribution in [0.15, 0.2) is 12.1 Å². The number of ether oxygens (including phenoxy) is 1. The van der Waals surface area contributed by atoms with E-state index in [1.54, 1.807) is 13.2 Å². The van der Waals surface area contributed by atoms with Gasteiger partial charge in [-0.2, -0.15) is 0 Å².